The molecule has 140 valence electrons. The average molecular weight is 355 g/mol. The van der Waals surface area contributed by atoms with Gasteiger partial charge >= 0.3 is 0 Å². The molecule has 0 atom stereocenters. The Bertz CT molecular complexity index is 697. The highest BCUT2D eigenvalue weighted by Gasteiger charge is 2.15. The molecule has 1 aromatic heterocycles. The van der Waals surface area contributed by atoms with E-state index < -0.39 is 0 Å². The molecular formula is C21H29N3O2. The number of para-hydroxylation sites is 1. The van der Waals surface area contributed by atoms with E-state index in [0.29, 0.717) is 5.69 Å². The largest absolute Gasteiger partial charge is 0.496 e. The molecule has 0 saturated carbocycles. The van der Waals surface area contributed by atoms with Crippen molar-refractivity contribution in [2.45, 2.75) is 33.1 Å². The van der Waals surface area contributed by atoms with Crippen molar-refractivity contribution in [2.24, 2.45) is 0 Å². The van der Waals surface area contributed by atoms with Crippen molar-refractivity contribution in [3.8, 4) is 5.75 Å². The zero-order valence-corrected chi connectivity index (χ0v) is 16.0. The summed E-state index contributed by atoms with van der Waals surface area (Å²) in [5.74, 6) is 0.900. The number of hydrogen-bond acceptors (Lipinski definition) is 4. The standard InChI is InChI=1S/C21H29N3O2/c1-4-14-24(15-5-2)21(25)19-16-18(11-13-23-19)22-12-10-17-8-6-7-9-20(17)26-3/h6-9,11,13,16H,4-5,10,12,14-15H2,1-3H3,(H,22,23). The lowest BCUT2D eigenvalue weighted by Crippen LogP contribution is -2.33. The van der Waals surface area contributed by atoms with Gasteiger partial charge in [-0.05, 0) is 43.0 Å². The summed E-state index contributed by atoms with van der Waals surface area (Å²) in [6.45, 7) is 6.45. The lowest BCUT2D eigenvalue weighted by Gasteiger charge is -2.21. The summed E-state index contributed by atoms with van der Waals surface area (Å²) in [5.41, 5.74) is 2.56. The molecule has 0 bridgehead atoms. The number of carbonyl (C=O) groups excluding carboxylic acids is 1. The van der Waals surface area contributed by atoms with Gasteiger partial charge in [0, 0.05) is 31.5 Å². The summed E-state index contributed by atoms with van der Waals surface area (Å²) in [6, 6.07) is 11.7. The number of nitrogens with zero attached hydrogens (tertiary/aromatic N) is 2. The van der Waals surface area contributed by atoms with E-state index >= 15 is 0 Å². The molecule has 0 unspecified atom stereocenters. The van der Waals surface area contributed by atoms with Crippen LogP contribution in [0, 0.1) is 0 Å². The first-order valence-corrected chi connectivity index (χ1v) is 9.30. The quantitative estimate of drug-likeness (QED) is 0.700. The molecule has 26 heavy (non-hydrogen) atoms. The molecule has 1 amide bonds. The van der Waals surface area contributed by atoms with Gasteiger partial charge < -0.3 is 15.0 Å². The van der Waals surface area contributed by atoms with Crippen molar-refractivity contribution in [3.05, 3.63) is 53.9 Å². The van der Waals surface area contributed by atoms with Crippen molar-refractivity contribution < 1.29 is 9.53 Å². The SMILES string of the molecule is CCCN(CCC)C(=O)c1cc(NCCc2ccccc2OC)ccn1. The van der Waals surface area contributed by atoms with Gasteiger partial charge in [0.15, 0.2) is 0 Å². The summed E-state index contributed by atoms with van der Waals surface area (Å²) in [5, 5.41) is 3.38. The van der Waals surface area contributed by atoms with E-state index in [1.807, 2.05) is 35.2 Å². The van der Waals surface area contributed by atoms with Gasteiger partial charge in [0.1, 0.15) is 11.4 Å². The van der Waals surface area contributed by atoms with Crippen LogP contribution in [0.4, 0.5) is 5.69 Å². The second-order valence-electron chi connectivity index (χ2n) is 6.21. The van der Waals surface area contributed by atoms with Gasteiger partial charge in [0.05, 0.1) is 7.11 Å². The van der Waals surface area contributed by atoms with Gasteiger partial charge in [0.25, 0.3) is 5.91 Å². The van der Waals surface area contributed by atoms with E-state index in [9.17, 15) is 4.79 Å². The van der Waals surface area contributed by atoms with Crippen molar-refractivity contribution >= 4 is 11.6 Å². The van der Waals surface area contributed by atoms with E-state index in [0.717, 1.165) is 55.9 Å². The van der Waals surface area contributed by atoms with E-state index in [2.05, 4.69) is 30.2 Å². The minimum Gasteiger partial charge on any atom is -0.496 e. The third-order valence-corrected chi connectivity index (χ3v) is 4.17. The third kappa shape index (κ3) is 5.48. The number of nitrogens with one attached hydrogen (secondary N) is 1. The molecule has 0 spiro atoms. The predicted molar refractivity (Wildman–Crippen MR) is 106 cm³/mol. The number of ether oxygens (including phenoxy) is 1. The van der Waals surface area contributed by atoms with Crippen molar-refractivity contribution in [2.75, 3.05) is 32.1 Å². The number of pyridine rings is 1. The fourth-order valence-electron chi connectivity index (χ4n) is 2.93. The highest BCUT2D eigenvalue weighted by molar-refractivity contribution is 5.93. The Hall–Kier alpha value is -2.56. The highest BCUT2D eigenvalue weighted by atomic mass is 16.5. The Balaban J connectivity index is 1.99. The average Bonchev–Trinajstić information content (AvgIpc) is 2.68. The number of aromatic nitrogens is 1. The minimum absolute atomic E-state index is 0.00192. The fraction of sp³-hybridized carbons (Fsp3) is 0.429. The van der Waals surface area contributed by atoms with Crippen LogP contribution in [-0.4, -0.2) is 42.5 Å². The molecule has 0 aliphatic rings. The van der Waals surface area contributed by atoms with Crippen LogP contribution in [-0.2, 0) is 6.42 Å². The predicted octanol–water partition coefficient (Wildman–Crippen LogP) is 4.01. The Kier molecular flexibility index (Phi) is 7.93. The number of methoxy groups -OCH3 is 1. The molecule has 0 aliphatic heterocycles. The fourth-order valence-corrected chi connectivity index (χ4v) is 2.93. The van der Waals surface area contributed by atoms with Crippen LogP contribution < -0.4 is 10.1 Å². The Labute approximate surface area is 156 Å². The topological polar surface area (TPSA) is 54.5 Å². The molecule has 0 aliphatic carbocycles. The smallest absolute Gasteiger partial charge is 0.272 e. The Morgan fingerprint density at radius 2 is 1.88 bits per heavy atom. The first-order valence-electron chi connectivity index (χ1n) is 9.30. The summed E-state index contributed by atoms with van der Waals surface area (Å²) >= 11 is 0. The van der Waals surface area contributed by atoms with Gasteiger partial charge in [-0.3, -0.25) is 9.78 Å². The second-order valence-corrected chi connectivity index (χ2v) is 6.21. The van der Waals surface area contributed by atoms with Crippen LogP contribution in [0.1, 0.15) is 42.7 Å². The van der Waals surface area contributed by atoms with E-state index in [1.54, 1.807) is 13.3 Å². The van der Waals surface area contributed by atoms with Gasteiger partial charge in [-0.1, -0.05) is 32.0 Å². The normalized spacial score (nSPS) is 10.4. The summed E-state index contributed by atoms with van der Waals surface area (Å²) < 4.78 is 5.38. The maximum absolute atomic E-state index is 12.7. The molecular weight excluding hydrogens is 326 g/mol. The number of benzene rings is 1. The zero-order valence-electron chi connectivity index (χ0n) is 16.0. The molecule has 1 N–H and O–H groups in total. The third-order valence-electron chi connectivity index (χ3n) is 4.17. The number of amides is 1. The van der Waals surface area contributed by atoms with Crippen molar-refractivity contribution in [1.82, 2.24) is 9.88 Å². The Morgan fingerprint density at radius 1 is 1.15 bits per heavy atom. The lowest BCUT2D eigenvalue weighted by atomic mass is 10.1. The first kappa shape index (κ1) is 19.8. The van der Waals surface area contributed by atoms with E-state index in [4.69, 9.17) is 4.74 Å². The van der Waals surface area contributed by atoms with Crippen LogP contribution >= 0.6 is 0 Å². The molecule has 1 heterocycles. The molecule has 0 fully saturated rings. The molecule has 2 aromatic rings. The van der Waals surface area contributed by atoms with Crippen molar-refractivity contribution in [1.29, 1.82) is 0 Å². The van der Waals surface area contributed by atoms with Gasteiger partial charge in [-0.15, -0.1) is 0 Å². The van der Waals surface area contributed by atoms with Gasteiger partial charge in [-0.25, -0.2) is 0 Å². The Morgan fingerprint density at radius 3 is 2.58 bits per heavy atom. The molecule has 2 rings (SSSR count). The second kappa shape index (κ2) is 10.4. The summed E-state index contributed by atoms with van der Waals surface area (Å²) in [4.78, 5) is 18.8. The molecule has 0 saturated heterocycles. The van der Waals surface area contributed by atoms with Crippen LogP contribution in [0.3, 0.4) is 0 Å². The first-order chi connectivity index (χ1) is 12.7. The van der Waals surface area contributed by atoms with Gasteiger partial charge in [-0.2, -0.15) is 0 Å². The summed E-state index contributed by atoms with van der Waals surface area (Å²) in [7, 11) is 1.69. The summed E-state index contributed by atoms with van der Waals surface area (Å²) in [6.07, 6.45) is 4.42. The number of carbonyl (C=O) groups is 1. The lowest BCUT2D eigenvalue weighted by molar-refractivity contribution is 0.0749. The van der Waals surface area contributed by atoms with Crippen LogP contribution in [0.2, 0.25) is 0 Å². The number of rotatable bonds is 10. The number of anilines is 1. The van der Waals surface area contributed by atoms with E-state index in [1.165, 1.54) is 0 Å². The molecule has 1 aromatic carbocycles. The molecule has 0 radical (unpaired) electrons. The molecule has 5 heteroatoms. The highest BCUT2D eigenvalue weighted by Crippen LogP contribution is 2.18. The maximum atomic E-state index is 12.7. The maximum Gasteiger partial charge on any atom is 0.272 e. The number of hydrogen-bond donors (Lipinski definition) is 1. The minimum atomic E-state index is 0.00192. The van der Waals surface area contributed by atoms with Crippen LogP contribution in [0.15, 0.2) is 42.6 Å². The van der Waals surface area contributed by atoms with E-state index in [-0.39, 0.29) is 5.91 Å². The monoisotopic (exact) mass is 355 g/mol. The van der Waals surface area contributed by atoms with Crippen LogP contribution in [0.25, 0.3) is 0 Å². The van der Waals surface area contributed by atoms with Crippen molar-refractivity contribution in [3.63, 3.8) is 0 Å². The van der Waals surface area contributed by atoms with Gasteiger partial charge in [0.2, 0.25) is 0 Å². The van der Waals surface area contributed by atoms with Crippen LogP contribution in [0.5, 0.6) is 5.75 Å². The molecule has 5 nitrogen and oxygen atoms in total. The zero-order chi connectivity index (χ0) is 18.8.